The molecule has 144 valence electrons. The van der Waals surface area contributed by atoms with Crippen molar-refractivity contribution in [3.05, 3.63) is 63.7 Å². The van der Waals surface area contributed by atoms with Gasteiger partial charge in [0.1, 0.15) is 11.3 Å². The summed E-state index contributed by atoms with van der Waals surface area (Å²) in [4.78, 5) is 38.7. The van der Waals surface area contributed by atoms with E-state index < -0.39 is 17.8 Å². The van der Waals surface area contributed by atoms with Gasteiger partial charge < -0.3 is 4.74 Å². The number of barbiturate groups is 1. The van der Waals surface area contributed by atoms with Gasteiger partial charge in [0.05, 0.1) is 12.3 Å². The summed E-state index contributed by atoms with van der Waals surface area (Å²) >= 11 is 6.10. The summed E-state index contributed by atoms with van der Waals surface area (Å²) in [6.07, 6.45) is 1.40. The molecule has 3 rings (SSSR count). The lowest BCUT2D eigenvalue weighted by molar-refractivity contribution is -0.122. The Morgan fingerprint density at radius 3 is 2.57 bits per heavy atom. The van der Waals surface area contributed by atoms with Crippen molar-refractivity contribution in [2.75, 3.05) is 11.5 Å². The maximum atomic E-state index is 13.0. The summed E-state index contributed by atoms with van der Waals surface area (Å²) in [5.41, 5.74) is 2.42. The van der Waals surface area contributed by atoms with Crippen LogP contribution in [0.4, 0.5) is 10.5 Å². The van der Waals surface area contributed by atoms with E-state index in [1.807, 2.05) is 26.0 Å². The van der Waals surface area contributed by atoms with E-state index in [2.05, 4.69) is 5.32 Å². The zero-order valence-corrected chi connectivity index (χ0v) is 16.5. The van der Waals surface area contributed by atoms with E-state index in [4.69, 9.17) is 16.3 Å². The molecule has 1 aliphatic rings. The predicted molar refractivity (Wildman–Crippen MR) is 108 cm³/mol. The molecule has 0 aromatic heterocycles. The van der Waals surface area contributed by atoms with Gasteiger partial charge in [-0.05, 0) is 67.8 Å². The Labute approximate surface area is 167 Å². The molecule has 4 amide bonds. The largest absolute Gasteiger partial charge is 0.494 e. The number of carbonyl (C=O) groups excluding carboxylic acids is 3. The van der Waals surface area contributed by atoms with Crippen molar-refractivity contribution >= 4 is 41.2 Å². The van der Waals surface area contributed by atoms with Crippen LogP contribution in [0, 0.1) is 13.8 Å². The van der Waals surface area contributed by atoms with Crippen LogP contribution in [0.2, 0.25) is 5.02 Å². The van der Waals surface area contributed by atoms with Gasteiger partial charge >= 0.3 is 6.03 Å². The van der Waals surface area contributed by atoms with Crippen molar-refractivity contribution in [2.45, 2.75) is 20.8 Å². The number of ether oxygens (including phenoxy) is 1. The maximum absolute atomic E-state index is 13.0. The van der Waals surface area contributed by atoms with Crippen molar-refractivity contribution in [1.82, 2.24) is 5.32 Å². The first-order valence-corrected chi connectivity index (χ1v) is 9.10. The molecule has 2 aromatic carbocycles. The van der Waals surface area contributed by atoms with Crippen LogP contribution < -0.4 is 15.0 Å². The topological polar surface area (TPSA) is 75.7 Å². The third kappa shape index (κ3) is 3.92. The molecule has 0 radical (unpaired) electrons. The fraction of sp³-hybridized carbons (Fsp3) is 0.190. The second-order valence-corrected chi connectivity index (χ2v) is 6.84. The molecule has 2 aromatic rings. The molecule has 1 N–H and O–H groups in total. The number of hydrogen-bond donors (Lipinski definition) is 1. The summed E-state index contributed by atoms with van der Waals surface area (Å²) in [6, 6.07) is 9.57. The Morgan fingerprint density at radius 1 is 1.11 bits per heavy atom. The normalized spacial score (nSPS) is 15.8. The van der Waals surface area contributed by atoms with E-state index in [9.17, 15) is 14.4 Å². The second kappa shape index (κ2) is 7.86. The number of nitrogens with one attached hydrogen (secondary N) is 1. The fourth-order valence-electron chi connectivity index (χ4n) is 2.92. The molecule has 0 atom stereocenters. The fourth-order valence-corrected chi connectivity index (χ4v) is 3.15. The lowest BCUT2D eigenvalue weighted by Gasteiger charge is -2.27. The van der Waals surface area contributed by atoms with Gasteiger partial charge in [0.15, 0.2) is 0 Å². The zero-order valence-electron chi connectivity index (χ0n) is 15.7. The van der Waals surface area contributed by atoms with E-state index in [1.165, 1.54) is 6.08 Å². The third-order valence-corrected chi connectivity index (χ3v) is 4.44. The van der Waals surface area contributed by atoms with Gasteiger partial charge in [-0.3, -0.25) is 14.9 Å². The van der Waals surface area contributed by atoms with Crippen LogP contribution in [0.25, 0.3) is 6.08 Å². The average molecular weight is 399 g/mol. The number of anilines is 1. The molecule has 7 heteroatoms. The van der Waals surface area contributed by atoms with Gasteiger partial charge in [-0.15, -0.1) is 0 Å². The maximum Gasteiger partial charge on any atom is 0.335 e. The lowest BCUT2D eigenvalue weighted by atomic mass is 10.0. The highest BCUT2D eigenvalue weighted by Gasteiger charge is 2.37. The number of hydrogen-bond acceptors (Lipinski definition) is 4. The molecular weight excluding hydrogens is 380 g/mol. The van der Waals surface area contributed by atoms with Gasteiger partial charge in [-0.2, -0.15) is 0 Å². The van der Waals surface area contributed by atoms with Crippen molar-refractivity contribution in [3.63, 3.8) is 0 Å². The number of amides is 4. The second-order valence-electron chi connectivity index (χ2n) is 6.40. The number of rotatable bonds is 4. The SMILES string of the molecule is CCOc1cc(Cl)cc(/C=C2\C(=O)NC(=O)N(c3cc(C)ccc3C)C2=O)c1. The van der Waals surface area contributed by atoms with Crippen LogP contribution in [0.15, 0.2) is 42.0 Å². The third-order valence-electron chi connectivity index (χ3n) is 4.22. The first kappa shape index (κ1) is 19.6. The monoisotopic (exact) mass is 398 g/mol. The Morgan fingerprint density at radius 2 is 1.86 bits per heavy atom. The van der Waals surface area contributed by atoms with Crippen LogP contribution in [0.1, 0.15) is 23.6 Å². The standard InChI is InChI=1S/C21H19ClN2O4/c1-4-28-16-9-14(8-15(22)11-16)10-17-19(25)23-21(27)24(20(17)26)18-7-12(2)5-6-13(18)3/h5-11H,4H2,1-3H3,(H,23,25,27)/b17-10+. The van der Waals surface area contributed by atoms with Crippen LogP contribution in [-0.4, -0.2) is 24.5 Å². The van der Waals surface area contributed by atoms with E-state index in [0.29, 0.717) is 28.6 Å². The Hall–Kier alpha value is -3.12. The molecule has 0 bridgehead atoms. The molecule has 0 unspecified atom stereocenters. The average Bonchev–Trinajstić information content (AvgIpc) is 2.61. The van der Waals surface area contributed by atoms with Gasteiger partial charge in [-0.25, -0.2) is 9.69 Å². The van der Waals surface area contributed by atoms with Gasteiger partial charge in [0.25, 0.3) is 11.8 Å². The van der Waals surface area contributed by atoms with E-state index in [1.54, 1.807) is 31.2 Å². The quantitative estimate of drug-likeness (QED) is 0.623. The van der Waals surface area contributed by atoms with Gasteiger partial charge in [0.2, 0.25) is 0 Å². The minimum Gasteiger partial charge on any atom is -0.494 e. The Kier molecular flexibility index (Phi) is 5.51. The number of halogens is 1. The summed E-state index contributed by atoms with van der Waals surface area (Å²) in [6.45, 7) is 5.94. The molecule has 6 nitrogen and oxygen atoms in total. The van der Waals surface area contributed by atoms with Crippen LogP contribution >= 0.6 is 11.6 Å². The van der Waals surface area contributed by atoms with Gasteiger partial charge in [-0.1, -0.05) is 23.7 Å². The van der Waals surface area contributed by atoms with Crippen molar-refractivity contribution in [1.29, 1.82) is 0 Å². The number of carbonyl (C=O) groups is 3. The zero-order chi connectivity index (χ0) is 20.4. The Bertz CT molecular complexity index is 1010. The molecule has 0 spiro atoms. The molecule has 0 aliphatic carbocycles. The number of urea groups is 1. The summed E-state index contributed by atoms with van der Waals surface area (Å²) in [5.74, 6) is -0.928. The number of nitrogens with zero attached hydrogens (tertiary/aromatic N) is 1. The highest BCUT2D eigenvalue weighted by Crippen LogP contribution is 2.28. The Balaban J connectivity index is 2.05. The highest BCUT2D eigenvalue weighted by molar-refractivity contribution is 6.39. The minimum absolute atomic E-state index is 0.162. The molecule has 1 saturated heterocycles. The molecule has 1 aliphatic heterocycles. The molecule has 0 saturated carbocycles. The molecule has 28 heavy (non-hydrogen) atoms. The van der Waals surface area contributed by atoms with E-state index in [-0.39, 0.29) is 5.57 Å². The smallest absolute Gasteiger partial charge is 0.335 e. The highest BCUT2D eigenvalue weighted by atomic mass is 35.5. The van der Waals surface area contributed by atoms with Crippen LogP contribution in [0.3, 0.4) is 0 Å². The molecule has 1 fully saturated rings. The number of aryl methyl sites for hydroxylation is 2. The molecule has 1 heterocycles. The molecular formula is C21H19ClN2O4. The summed E-state index contributed by atoms with van der Waals surface area (Å²) in [5, 5.41) is 2.63. The lowest BCUT2D eigenvalue weighted by Crippen LogP contribution is -2.54. The van der Waals surface area contributed by atoms with E-state index >= 15 is 0 Å². The van der Waals surface area contributed by atoms with Crippen LogP contribution in [0.5, 0.6) is 5.75 Å². The minimum atomic E-state index is -0.776. The summed E-state index contributed by atoms with van der Waals surface area (Å²) < 4.78 is 5.44. The van der Waals surface area contributed by atoms with Crippen molar-refractivity contribution < 1.29 is 19.1 Å². The van der Waals surface area contributed by atoms with Crippen molar-refractivity contribution in [3.8, 4) is 5.75 Å². The van der Waals surface area contributed by atoms with Gasteiger partial charge in [0, 0.05) is 5.02 Å². The first-order valence-electron chi connectivity index (χ1n) is 8.72. The predicted octanol–water partition coefficient (Wildman–Crippen LogP) is 4.02. The first-order chi connectivity index (χ1) is 13.3. The number of benzene rings is 2. The number of imide groups is 2. The van der Waals surface area contributed by atoms with Crippen molar-refractivity contribution in [2.24, 2.45) is 0 Å². The van der Waals surface area contributed by atoms with Crippen LogP contribution in [-0.2, 0) is 9.59 Å². The van der Waals surface area contributed by atoms with E-state index in [0.717, 1.165) is 16.0 Å². The summed E-state index contributed by atoms with van der Waals surface area (Å²) in [7, 11) is 0.